The zero-order valence-corrected chi connectivity index (χ0v) is 47.2. The van der Waals surface area contributed by atoms with Crippen LogP contribution in [0.5, 0.6) is 0 Å². The molecule has 22 nitrogen and oxygen atoms in total. The molecule has 0 spiro atoms. The number of carbonyl (C=O) groups excluding carboxylic acids is 10. The second-order valence-corrected chi connectivity index (χ2v) is 29.2. The van der Waals surface area contributed by atoms with E-state index in [1.54, 1.807) is 0 Å². The molecule has 4 saturated heterocycles. The maximum atomic E-state index is 12.4. The molecule has 1 radical (unpaired) electrons. The fourth-order valence-corrected chi connectivity index (χ4v) is 7.29. The van der Waals surface area contributed by atoms with E-state index in [-0.39, 0.29) is 69.0 Å². The Kier molecular flexibility index (Phi) is 50.0. The van der Waals surface area contributed by atoms with Crippen LogP contribution in [0.25, 0.3) is 0 Å². The maximum absolute atomic E-state index is 12.4. The third-order valence-electron chi connectivity index (χ3n) is 9.75. The molecule has 4 rings (SSSR count). The predicted molar refractivity (Wildman–Crippen MR) is 254 cm³/mol. The molecular weight excluding hydrogens is 1070 g/mol. The monoisotopic (exact) mass is 1140 g/mol. The predicted octanol–water partition coefficient (Wildman–Crippen LogP) is -0.172. The molecule has 68 heavy (non-hydrogen) atoms. The van der Waals surface area contributed by atoms with E-state index >= 15 is 0 Å². The van der Waals surface area contributed by atoms with Gasteiger partial charge in [0.25, 0.3) is 0 Å². The summed E-state index contributed by atoms with van der Waals surface area (Å²) in [6.45, 7) is 22.2. The second kappa shape index (κ2) is 47.1. The molecule has 389 valence electrons. The number of Topliss-reactive ketones (excluding diaryl/α,β-unsaturated/α-hetero) is 2. The van der Waals surface area contributed by atoms with E-state index in [9.17, 15) is 24.0 Å². The average molecular weight is 1150 g/mol. The van der Waals surface area contributed by atoms with Crippen molar-refractivity contribution in [3.8, 4) is 0 Å². The van der Waals surface area contributed by atoms with Crippen LogP contribution in [0.3, 0.4) is 0 Å². The Morgan fingerprint density at radius 1 is 0.544 bits per heavy atom. The van der Waals surface area contributed by atoms with Crippen molar-refractivity contribution in [2.45, 2.75) is 48.0 Å². The Bertz CT molecular complexity index is 1430. The van der Waals surface area contributed by atoms with Crippen LogP contribution in [0, 0.1) is 11.8 Å². The van der Waals surface area contributed by atoms with Crippen LogP contribution in [-0.4, -0.2) is 282 Å². The summed E-state index contributed by atoms with van der Waals surface area (Å²) in [5.74, 6) is -0.252. The first-order chi connectivity index (χ1) is 31.5. The van der Waals surface area contributed by atoms with E-state index in [0.29, 0.717) is 70.5 Å². The summed E-state index contributed by atoms with van der Waals surface area (Å²) in [5, 5.41) is 9.14. The number of fused-ring (bicyclic) bond motifs is 14. The second-order valence-electron chi connectivity index (χ2n) is 16.5. The minimum absolute atomic E-state index is 0. The normalized spacial score (nSPS) is 19.8. The van der Waals surface area contributed by atoms with Gasteiger partial charge in [0.2, 0.25) is 0 Å². The fourth-order valence-electron chi connectivity index (χ4n) is 6.42. The molecule has 2 unspecified atom stereocenters. The van der Waals surface area contributed by atoms with Gasteiger partial charge in [-0.3, -0.25) is 19.4 Å². The molecule has 27 heteroatoms. The number of hydrogen-bond acceptors (Lipinski definition) is 21. The molecule has 2 atom stereocenters. The molecule has 0 aliphatic carbocycles. The number of halogens is 3. The number of carboxylic acids is 1. The molecule has 0 aromatic carbocycles. The van der Waals surface area contributed by atoms with Gasteiger partial charge >= 0.3 is 249 Å². The van der Waals surface area contributed by atoms with Gasteiger partial charge in [0.05, 0.1) is 13.1 Å². The first-order valence-corrected chi connectivity index (χ1v) is 33.1. The van der Waals surface area contributed by atoms with Crippen molar-refractivity contribution in [2.75, 3.05) is 159 Å². The summed E-state index contributed by atoms with van der Waals surface area (Å²) in [6.07, 6.45) is 1.93. The number of ketones is 2. The number of carboxylic acid groups (broad SMARTS) is 1. The van der Waals surface area contributed by atoms with Gasteiger partial charge in [-0.1, -0.05) is 21.3 Å². The summed E-state index contributed by atoms with van der Waals surface area (Å²) in [5.41, 5.74) is 0. The van der Waals surface area contributed by atoms with E-state index in [0.717, 1.165) is 72.0 Å². The Morgan fingerprint density at radius 2 is 0.779 bits per heavy atom. The number of likely N-dealkylation sites (N-methyl/N-ethyl adjacent to an activating group) is 3. The Balaban J connectivity index is -0.000000477. The number of aliphatic carboxylic acids is 1. The van der Waals surface area contributed by atoms with Gasteiger partial charge in [-0.2, -0.15) is 28.8 Å². The van der Waals surface area contributed by atoms with E-state index < -0.39 is 37.3 Å². The van der Waals surface area contributed by atoms with E-state index in [2.05, 4.69) is 69.3 Å². The fraction of sp³-hybridized carbons (Fsp3) is 0.805. The SMILES string of the molecule is C.CC(C)CC(=O)CN1CCN(C)CCN(C)CCN(CC(=O)O)CC1.CC(C)CC(=O)CN1CCN2CCN(C)CCN(CC1)CC(=O)[O][68Ga][O]C(=O)C2.O=C=O.O=C=O.O=C=O.[Cl][68Ga]([Cl])[Cl]. The van der Waals surface area contributed by atoms with Crippen molar-refractivity contribution in [3.63, 3.8) is 0 Å². The Labute approximate surface area is 428 Å². The van der Waals surface area contributed by atoms with Crippen molar-refractivity contribution in [1.29, 1.82) is 0 Å². The van der Waals surface area contributed by atoms with Crippen LogP contribution >= 0.6 is 28.9 Å². The molecule has 4 fully saturated rings. The molecule has 0 aromatic heterocycles. The van der Waals surface area contributed by atoms with Gasteiger partial charge in [-0.05, 0) is 20.0 Å². The molecule has 0 aromatic rings. The molecule has 2 bridgehead atoms. The van der Waals surface area contributed by atoms with Gasteiger partial charge in [-0.25, -0.2) is 0 Å². The first kappa shape index (κ1) is 72.3. The number of carbonyl (C=O) groups is 5. The van der Waals surface area contributed by atoms with Crippen LogP contribution < -0.4 is 0 Å². The molecule has 1 N–H and O–H groups in total. The third-order valence-corrected chi connectivity index (χ3v) is 11.3. The minimum atomic E-state index is -2.06. The van der Waals surface area contributed by atoms with E-state index in [1.807, 2.05) is 18.7 Å². The summed E-state index contributed by atoms with van der Waals surface area (Å²) in [4.78, 5) is 126. The summed E-state index contributed by atoms with van der Waals surface area (Å²) in [6, 6.07) is 0. The molecule has 4 aliphatic heterocycles. The summed E-state index contributed by atoms with van der Waals surface area (Å²) < 4.78 is 10.4. The topological polar surface area (TPSA) is 252 Å². The standard InChI is InChI=1S/C19H36N4O5.C18H36N4O3.3CO2.CH4.3ClH.2Ga/c1-16(2)12-17(24)13-21-8-10-22(14-18(25)26)6-4-20(3)5-7-23(11-9-21)15-19(27)28;1-16(2)13-17(23)14-21-9-7-19(3)5-6-20(4)8-10-22(12-11-21)15-18(24)25;3*2-1-3;;;;;;/h16H,4-15H2,1-3H3,(H,25,26)(H,27,28);16H,5-15H2,1-4H3,(H,24,25);;;;1H4;3*1H;;/q;;;;;;;;;+2;+3/p-5/i;;;;;;;;;2*1-2. The van der Waals surface area contributed by atoms with E-state index in [1.165, 1.54) is 0 Å². The van der Waals surface area contributed by atoms with Gasteiger partial charge in [0, 0.05) is 58.8 Å². The Hall–Kier alpha value is -2.29. The third kappa shape index (κ3) is 48.7. The van der Waals surface area contributed by atoms with Crippen molar-refractivity contribution in [1.82, 2.24) is 39.2 Å². The van der Waals surface area contributed by atoms with Crippen LogP contribution in [0.4, 0.5) is 0 Å². The van der Waals surface area contributed by atoms with Gasteiger partial charge < -0.3 is 14.9 Å². The van der Waals surface area contributed by atoms with Crippen LogP contribution in [0.15, 0.2) is 0 Å². The Morgan fingerprint density at radius 3 is 1.07 bits per heavy atom. The van der Waals surface area contributed by atoms with Gasteiger partial charge in [0.15, 0.2) is 0 Å². The molecule has 4 aliphatic rings. The van der Waals surface area contributed by atoms with Crippen LogP contribution in [0.1, 0.15) is 48.0 Å². The number of hydrogen-bond donors (Lipinski definition) is 1. The molecule has 0 amide bonds. The molecular formula is C41H74Cl3Ga2N8O14. The van der Waals surface area contributed by atoms with Gasteiger partial charge in [0.1, 0.15) is 5.78 Å². The van der Waals surface area contributed by atoms with Crippen molar-refractivity contribution in [2.24, 2.45) is 11.8 Å². The quantitative estimate of drug-likeness (QED) is 0.279. The first-order valence-electron chi connectivity index (χ1n) is 21.6. The number of rotatable bonds is 10. The van der Waals surface area contributed by atoms with Crippen molar-refractivity contribution < 1.29 is 64.9 Å². The van der Waals surface area contributed by atoms with Crippen molar-refractivity contribution in [3.05, 3.63) is 0 Å². The zero-order chi connectivity index (χ0) is 51.7. The van der Waals surface area contributed by atoms with Crippen LogP contribution in [-0.2, 0) is 59.8 Å². The van der Waals surface area contributed by atoms with Crippen molar-refractivity contribution >= 4 is 108 Å². The average Bonchev–Trinajstić information content (AvgIpc) is 3.20. The molecule has 0 saturated carbocycles. The van der Waals surface area contributed by atoms with Crippen LogP contribution in [0.2, 0.25) is 0 Å². The number of nitrogens with zero attached hydrogens (tertiary/aromatic N) is 8. The zero-order valence-electron chi connectivity index (χ0n) is 40.0. The molecule has 4 heterocycles. The summed E-state index contributed by atoms with van der Waals surface area (Å²) in [7, 11) is 21.2. The summed E-state index contributed by atoms with van der Waals surface area (Å²) >= 11 is -3.87. The van der Waals surface area contributed by atoms with E-state index in [4.69, 9.17) is 69.8 Å². The van der Waals surface area contributed by atoms with Gasteiger partial charge in [-0.15, -0.1) is 0 Å².